The van der Waals surface area contributed by atoms with Gasteiger partial charge < -0.3 is 16.2 Å². The smallest absolute Gasteiger partial charge is 0.303 e. The summed E-state index contributed by atoms with van der Waals surface area (Å²) in [7, 11) is 0. The number of carboxylic acids is 1. The van der Waals surface area contributed by atoms with E-state index >= 15 is 0 Å². The molecule has 0 aromatic heterocycles. The van der Waals surface area contributed by atoms with Gasteiger partial charge in [-0.2, -0.15) is 0 Å². The Hall–Kier alpha value is -3.15. The van der Waals surface area contributed by atoms with Gasteiger partial charge in [0.15, 0.2) is 0 Å². The average Bonchev–Trinajstić information content (AvgIpc) is 2.59. The van der Waals surface area contributed by atoms with Crippen LogP contribution in [0.15, 0.2) is 54.6 Å². The van der Waals surface area contributed by atoms with Gasteiger partial charge >= 0.3 is 5.97 Å². The minimum Gasteiger partial charge on any atom is -0.481 e. The van der Waals surface area contributed by atoms with Crippen molar-refractivity contribution in [2.75, 3.05) is 0 Å². The summed E-state index contributed by atoms with van der Waals surface area (Å²) in [5.74, 6) is -2.28. The summed E-state index contributed by atoms with van der Waals surface area (Å²) in [6.45, 7) is 0. The first-order valence-electron chi connectivity index (χ1n) is 7.45. The molecule has 6 heteroatoms. The summed E-state index contributed by atoms with van der Waals surface area (Å²) in [4.78, 5) is 34.1. The fourth-order valence-electron chi connectivity index (χ4n) is 2.24. The molecule has 0 aliphatic heterocycles. The van der Waals surface area contributed by atoms with Crippen molar-refractivity contribution in [3.05, 3.63) is 60.2 Å². The molecular weight excluding hydrogens is 308 g/mol. The lowest BCUT2D eigenvalue weighted by atomic mass is 10.0. The Kier molecular flexibility index (Phi) is 5.68. The van der Waals surface area contributed by atoms with Crippen molar-refractivity contribution in [2.24, 2.45) is 5.73 Å². The van der Waals surface area contributed by atoms with Gasteiger partial charge in [-0.1, -0.05) is 42.5 Å². The van der Waals surface area contributed by atoms with Crippen molar-refractivity contribution < 1.29 is 19.5 Å². The maximum absolute atomic E-state index is 12.2. The number of carbonyl (C=O) groups is 3. The normalized spacial score (nSPS) is 11.5. The van der Waals surface area contributed by atoms with Crippen molar-refractivity contribution >= 4 is 17.8 Å². The van der Waals surface area contributed by atoms with Gasteiger partial charge in [0, 0.05) is 12.0 Å². The minimum atomic E-state index is -1.05. The molecule has 6 nitrogen and oxygen atoms in total. The number of nitrogens with one attached hydrogen (secondary N) is 1. The molecule has 2 rings (SSSR count). The van der Waals surface area contributed by atoms with Crippen molar-refractivity contribution in [3.8, 4) is 11.1 Å². The Morgan fingerprint density at radius 3 is 2.08 bits per heavy atom. The molecule has 1 atom stereocenters. The maximum Gasteiger partial charge on any atom is 0.303 e. The molecule has 0 fully saturated rings. The van der Waals surface area contributed by atoms with Crippen LogP contribution in [0.1, 0.15) is 23.2 Å². The average molecular weight is 326 g/mol. The topological polar surface area (TPSA) is 109 Å². The molecule has 0 aliphatic carbocycles. The van der Waals surface area contributed by atoms with Gasteiger partial charge in [-0.25, -0.2) is 0 Å². The molecule has 24 heavy (non-hydrogen) atoms. The van der Waals surface area contributed by atoms with E-state index in [1.807, 2.05) is 30.3 Å². The third-order valence-electron chi connectivity index (χ3n) is 3.55. The largest absolute Gasteiger partial charge is 0.481 e. The number of hydrogen-bond acceptors (Lipinski definition) is 3. The van der Waals surface area contributed by atoms with Gasteiger partial charge in [0.2, 0.25) is 5.91 Å². The summed E-state index contributed by atoms with van der Waals surface area (Å²) < 4.78 is 0. The zero-order chi connectivity index (χ0) is 17.5. The van der Waals surface area contributed by atoms with Crippen LogP contribution in [0.2, 0.25) is 0 Å². The van der Waals surface area contributed by atoms with E-state index in [9.17, 15) is 14.4 Å². The van der Waals surface area contributed by atoms with Crippen LogP contribution >= 0.6 is 0 Å². The van der Waals surface area contributed by atoms with Crippen LogP contribution in [0.4, 0.5) is 0 Å². The fourth-order valence-corrected chi connectivity index (χ4v) is 2.24. The zero-order valence-electron chi connectivity index (χ0n) is 12.9. The predicted molar refractivity (Wildman–Crippen MR) is 89.2 cm³/mol. The highest BCUT2D eigenvalue weighted by molar-refractivity contribution is 5.97. The van der Waals surface area contributed by atoms with Crippen LogP contribution < -0.4 is 11.1 Å². The van der Waals surface area contributed by atoms with Crippen molar-refractivity contribution in [3.63, 3.8) is 0 Å². The van der Waals surface area contributed by atoms with Crippen molar-refractivity contribution in [1.29, 1.82) is 0 Å². The van der Waals surface area contributed by atoms with Crippen LogP contribution in [0.3, 0.4) is 0 Å². The second kappa shape index (κ2) is 7.92. The predicted octanol–water partition coefficient (Wildman–Crippen LogP) is 1.80. The van der Waals surface area contributed by atoms with Crippen LogP contribution in [-0.2, 0) is 9.59 Å². The molecule has 0 aliphatic rings. The van der Waals surface area contributed by atoms with Crippen molar-refractivity contribution in [2.45, 2.75) is 18.9 Å². The molecule has 2 amide bonds. The molecule has 2 aromatic rings. The molecule has 0 radical (unpaired) electrons. The SMILES string of the molecule is NC(=O)[C@@H](CCC(=O)O)NC(=O)c1ccc(-c2ccccc2)cc1. The second-order valence-corrected chi connectivity index (χ2v) is 5.30. The van der Waals surface area contributed by atoms with Gasteiger partial charge in [-0.15, -0.1) is 0 Å². The first-order chi connectivity index (χ1) is 11.5. The molecule has 0 unspecified atom stereocenters. The Labute approximate surface area is 139 Å². The number of carbonyl (C=O) groups excluding carboxylic acids is 2. The van der Waals surface area contributed by atoms with Crippen molar-refractivity contribution in [1.82, 2.24) is 5.32 Å². The maximum atomic E-state index is 12.2. The zero-order valence-corrected chi connectivity index (χ0v) is 12.9. The highest BCUT2D eigenvalue weighted by Crippen LogP contribution is 2.19. The lowest BCUT2D eigenvalue weighted by Crippen LogP contribution is -2.44. The molecule has 0 spiro atoms. The summed E-state index contributed by atoms with van der Waals surface area (Å²) in [5, 5.41) is 11.1. The van der Waals surface area contributed by atoms with Gasteiger partial charge in [-0.05, 0) is 29.7 Å². The first kappa shape index (κ1) is 17.2. The molecule has 124 valence electrons. The Bertz CT molecular complexity index is 726. The highest BCUT2D eigenvalue weighted by atomic mass is 16.4. The van der Waals surface area contributed by atoms with Crippen LogP contribution in [-0.4, -0.2) is 28.9 Å². The third-order valence-corrected chi connectivity index (χ3v) is 3.55. The number of rotatable bonds is 7. The molecule has 0 saturated carbocycles. The number of aliphatic carboxylic acids is 1. The van der Waals surface area contributed by atoms with E-state index in [-0.39, 0.29) is 12.8 Å². The van der Waals surface area contributed by atoms with E-state index in [0.29, 0.717) is 5.56 Å². The number of nitrogens with two attached hydrogens (primary N) is 1. The standard InChI is InChI=1S/C18H18N2O4/c19-17(23)15(10-11-16(21)22)20-18(24)14-8-6-13(7-9-14)12-4-2-1-3-5-12/h1-9,15H,10-11H2,(H2,19,23)(H,20,24)(H,21,22)/t15-/m1/s1. The van der Waals surface area contributed by atoms with E-state index in [4.69, 9.17) is 10.8 Å². The summed E-state index contributed by atoms with van der Waals surface area (Å²) >= 11 is 0. The van der Waals surface area contributed by atoms with Crippen LogP contribution in [0.5, 0.6) is 0 Å². The van der Waals surface area contributed by atoms with E-state index in [1.54, 1.807) is 24.3 Å². The minimum absolute atomic E-state index is 0.0431. The number of benzene rings is 2. The Morgan fingerprint density at radius 1 is 0.958 bits per heavy atom. The van der Waals surface area contributed by atoms with Crippen LogP contribution in [0.25, 0.3) is 11.1 Å². The van der Waals surface area contributed by atoms with E-state index in [0.717, 1.165) is 11.1 Å². The monoisotopic (exact) mass is 326 g/mol. The summed E-state index contributed by atoms with van der Waals surface area (Å²) in [6, 6.07) is 15.6. The van der Waals surface area contributed by atoms with E-state index < -0.39 is 23.8 Å². The van der Waals surface area contributed by atoms with Gasteiger partial charge in [-0.3, -0.25) is 14.4 Å². The highest BCUT2D eigenvalue weighted by Gasteiger charge is 2.19. The first-order valence-corrected chi connectivity index (χ1v) is 7.45. The summed E-state index contributed by atoms with van der Waals surface area (Å²) in [6.07, 6.45) is -0.292. The number of primary amides is 1. The lowest BCUT2D eigenvalue weighted by Gasteiger charge is -2.14. The molecule has 2 aromatic carbocycles. The van der Waals surface area contributed by atoms with Crippen LogP contribution in [0, 0.1) is 0 Å². The number of carboxylic acid groups (broad SMARTS) is 1. The third kappa shape index (κ3) is 4.67. The van der Waals surface area contributed by atoms with E-state index in [2.05, 4.69) is 5.32 Å². The Morgan fingerprint density at radius 2 is 1.54 bits per heavy atom. The molecule has 0 saturated heterocycles. The molecule has 0 heterocycles. The molecule has 4 N–H and O–H groups in total. The van der Waals surface area contributed by atoms with E-state index in [1.165, 1.54) is 0 Å². The lowest BCUT2D eigenvalue weighted by molar-refractivity contribution is -0.137. The number of hydrogen-bond donors (Lipinski definition) is 3. The number of amides is 2. The molecular formula is C18H18N2O4. The van der Waals surface area contributed by atoms with Gasteiger partial charge in [0.25, 0.3) is 5.91 Å². The fraction of sp³-hybridized carbons (Fsp3) is 0.167. The molecule has 0 bridgehead atoms. The summed E-state index contributed by atoms with van der Waals surface area (Å²) in [5.41, 5.74) is 7.57. The second-order valence-electron chi connectivity index (χ2n) is 5.30. The Balaban J connectivity index is 2.06. The van der Waals surface area contributed by atoms with Gasteiger partial charge in [0.05, 0.1) is 0 Å². The quantitative estimate of drug-likeness (QED) is 0.720. The van der Waals surface area contributed by atoms with Gasteiger partial charge in [0.1, 0.15) is 6.04 Å².